The van der Waals surface area contributed by atoms with Gasteiger partial charge in [0.25, 0.3) is 0 Å². The molecule has 0 atom stereocenters. The molecule has 0 aromatic rings. The Morgan fingerprint density at radius 3 is 2.80 bits per heavy atom. The minimum absolute atomic E-state index is 0.279. The Kier molecular flexibility index (Phi) is 3.95. The lowest BCUT2D eigenvalue weighted by Crippen LogP contribution is -2.23. The van der Waals surface area contributed by atoms with E-state index < -0.39 is 0 Å². The van der Waals surface area contributed by atoms with Crippen LogP contribution in [0.4, 0.5) is 0 Å². The van der Waals surface area contributed by atoms with Gasteiger partial charge in [-0.05, 0) is 38.5 Å². The van der Waals surface area contributed by atoms with Crippen LogP contribution in [0.15, 0.2) is 11.6 Å². The first kappa shape index (κ1) is 10.9. The summed E-state index contributed by atoms with van der Waals surface area (Å²) in [5.74, 6) is 0.730. The summed E-state index contributed by atoms with van der Waals surface area (Å²) in [4.78, 5) is 12.0. The predicted molar refractivity (Wildman–Crippen MR) is 59.7 cm³/mol. The zero-order chi connectivity index (χ0) is 10.5. The molecule has 0 N–H and O–H groups in total. The molecule has 0 aromatic heterocycles. The number of carbonyl (C=O) groups excluding carboxylic acids is 1. The molecule has 0 saturated carbocycles. The second kappa shape index (κ2) is 5.45. The van der Waals surface area contributed by atoms with Gasteiger partial charge >= 0.3 is 0 Å². The van der Waals surface area contributed by atoms with Gasteiger partial charge in [-0.2, -0.15) is 0 Å². The van der Waals surface area contributed by atoms with Crippen molar-refractivity contribution in [2.75, 3.05) is 13.2 Å². The van der Waals surface area contributed by atoms with Crippen molar-refractivity contribution >= 4 is 5.78 Å². The quantitative estimate of drug-likeness (QED) is 0.667. The Morgan fingerprint density at radius 2 is 2.13 bits per heavy atom. The lowest BCUT2D eigenvalue weighted by Gasteiger charge is -2.22. The van der Waals surface area contributed by atoms with Crippen molar-refractivity contribution in [1.82, 2.24) is 0 Å². The Hall–Kier alpha value is -0.630. The van der Waals surface area contributed by atoms with Crippen LogP contribution >= 0.6 is 0 Å². The Morgan fingerprint density at radius 1 is 1.33 bits per heavy atom. The molecule has 2 heteroatoms. The van der Waals surface area contributed by atoms with E-state index >= 15 is 0 Å². The molecule has 0 unspecified atom stereocenters. The number of hydrogen-bond donors (Lipinski definition) is 0. The summed E-state index contributed by atoms with van der Waals surface area (Å²) in [5, 5.41) is 0. The molecule has 2 nitrogen and oxygen atoms in total. The number of ketones is 1. The lowest BCUT2D eigenvalue weighted by atomic mass is 9.88. The highest BCUT2D eigenvalue weighted by molar-refractivity contribution is 5.83. The van der Waals surface area contributed by atoms with Gasteiger partial charge < -0.3 is 4.74 Å². The van der Waals surface area contributed by atoms with Crippen LogP contribution in [-0.4, -0.2) is 19.0 Å². The van der Waals surface area contributed by atoms with Crippen molar-refractivity contribution in [3.8, 4) is 0 Å². The maximum Gasteiger partial charge on any atom is 0.140 e. The van der Waals surface area contributed by atoms with Crippen molar-refractivity contribution < 1.29 is 9.53 Å². The lowest BCUT2D eigenvalue weighted by molar-refractivity contribution is -0.125. The molecule has 1 aliphatic carbocycles. The second-order valence-electron chi connectivity index (χ2n) is 4.64. The first-order valence-corrected chi connectivity index (χ1v) is 6.14. The van der Waals surface area contributed by atoms with E-state index in [9.17, 15) is 4.79 Å². The minimum atomic E-state index is 0.279. The second-order valence-corrected chi connectivity index (χ2v) is 4.64. The Labute approximate surface area is 91.7 Å². The van der Waals surface area contributed by atoms with Crippen molar-refractivity contribution in [2.24, 2.45) is 5.92 Å². The zero-order valence-electron chi connectivity index (χ0n) is 9.34. The van der Waals surface area contributed by atoms with E-state index in [1.807, 2.05) is 0 Å². The van der Waals surface area contributed by atoms with Crippen molar-refractivity contribution in [2.45, 2.75) is 44.9 Å². The highest BCUT2D eigenvalue weighted by Crippen LogP contribution is 2.24. The number of hydrogen-bond acceptors (Lipinski definition) is 2. The molecule has 0 aromatic carbocycles. The van der Waals surface area contributed by atoms with Gasteiger partial charge in [0.2, 0.25) is 0 Å². The third kappa shape index (κ3) is 3.16. The molecule has 0 radical (unpaired) electrons. The molecular formula is C13H20O2. The average molecular weight is 208 g/mol. The predicted octanol–water partition coefficient (Wildman–Crippen LogP) is 2.87. The van der Waals surface area contributed by atoms with Crippen LogP contribution in [0.3, 0.4) is 0 Å². The van der Waals surface area contributed by atoms with E-state index in [-0.39, 0.29) is 5.92 Å². The van der Waals surface area contributed by atoms with E-state index in [0.29, 0.717) is 12.2 Å². The maximum atomic E-state index is 12.0. The summed E-state index contributed by atoms with van der Waals surface area (Å²) in [6, 6.07) is 0. The van der Waals surface area contributed by atoms with Gasteiger partial charge in [0, 0.05) is 25.6 Å². The standard InChI is InChI=1S/C13H20O2/c14-13(12-6-8-15-9-7-12)10-11-4-2-1-3-5-11/h4,12H,1-3,5-10H2. The van der Waals surface area contributed by atoms with Gasteiger partial charge in [-0.25, -0.2) is 0 Å². The van der Waals surface area contributed by atoms with Crippen LogP contribution < -0.4 is 0 Å². The van der Waals surface area contributed by atoms with E-state index in [1.165, 1.54) is 24.8 Å². The summed E-state index contributed by atoms with van der Waals surface area (Å²) < 4.78 is 5.27. The molecule has 2 aliphatic rings. The fraction of sp³-hybridized carbons (Fsp3) is 0.769. The molecule has 0 amide bonds. The van der Waals surface area contributed by atoms with E-state index in [4.69, 9.17) is 4.74 Å². The van der Waals surface area contributed by atoms with Crippen LogP contribution in [0.1, 0.15) is 44.9 Å². The molecule has 0 bridgehead atoms. The molecule has 84 valence electrons. The molecular weight excluding hydrogens is 188 g/mol. The van der Waals surface area contributed by atoms with Crippen molar-refractivity contribution in [3.05, 3.63) is 11.6 Å². The van der Waals surface area contributed by atoms with Crippen LogP contribution in [0.2, 0.25) is 0 Å². The molecule has 15 heavy (non-hydrogen) atoms. The topological polar surface area (TPSA) is 26.3 Å². The fourth-order valence-corrected chi connectivity index (χ4v) is 2.45. The third-order valence-electron chi connectivity index (χ3n) is 3.46. The average Bonchev–Trinajstić information content (AvgIpc) is 2.31. The maximum absolute atomic E-state index is 12.0. The summed E-state index contributed by atoms with van der Waals surface area (Å²) in [6.07, 6.45) is 9.76. The van der Waals surface area contributed by atoms with E-state index in [0.717, 1.165) is 32.5 Å². The van der Waals surface area contributed by atoms with Crippen molar-refractivity contribution in [1.29, 1.82) is 0 Å². The van der Waals surface area contributed by atoms with Crippen molar-refractivity contribution in [3.63, 3.8) is 0 Å². The minimum Gasteiger partial charge on any atom is -0.381 e. The molecule has 1 aliphatic heterocycles. The molecule has 2 rings (SSSR count). The largest absolute Gasteiger partial charge is 0.381 e. The van der Waals surface area contributed by atoms with Gasteiger partial charge in [0.15, 0.2) is 0 Å². The van der Waals surface area contributed by atoms with Crippen LogP contribution in [-0.2, 0) is 9.53 Å². The molecule has 1 fully saturated rings. The van der Waals surface area contributed by atoms with Gasteiger partial charge in [-0.1, -0.05) is 11.6 Å². The molecule has 1 saturated heterocycles. The van der Waals surface area contributed by atoms with Crippen LogP contribution in [0.25, 0.3) is 0 Å². The van der Waals surface area contributed by atoms with Gasteiger partial charge in [-0.3, -0.25) is 4.79 Å². The van der Waals surface area contributed by atoms with E-state index in [2.05, 4.69) is 6.08 Å². The van der Waals surface area contributed by atoms with Gasteiger partial charge in [0.1, 0.15) is 5.78 Å². The number of ether oxygens (including phenoxy) is 1. The summed E-state index contributed by atoms with van der Waals surface area (Å²) in [7, 11) is 0. The normalized spacial score (nSPS) is 23.6. The van der Waals surface area contributed by atoms with E-state index in [1.54, 1.807) is 0 Å². The third-order valence-corrected chi connectivity index (χ3v) is 3.46. The SMILES string of the molecule is O=C(CC1=CCCCC1)C1CCOCC1. The van der Waals surface area contributed by atoms with Gasteiger partial charge in [-0.15, -0.1) is 0 Å². The van der Waals surface area contributed by atoms with Crippen LogP contribution in [0, 0.1) is 5.92 Å². The summed E-state index contributed by atoms with van der Waals surface area (Å²) >= 11 is 0. The number of allylic oxidation sites excluding steroid dienone is 2. The number of Topliss-reactive ketones (excluding diaryl/α,β-unsaturated/α-hetero) is 1. The number of rotatable bonds is 3. The summed E-state index contributed by atoms with van der Waals surface area (Å²) in [6.45, 7) is 1.55. The molecule has 0 spiro atoms. The first-order chi connectivity index (χ1) is 7.36. The smallest absolute Gasteiger partial charge is 0.140 e. The first-order valence-electron chi connectivity index (χ1n) is 6.14. The molecule has 1 heterocycles. The highest BCUT2D eigenvalue weighted by Gasteiger charge is 2.22. The highest BCUT2D eigenvalue weighted by atomic mass is 16.5. The van der Waals surface area contributed by atoms with Crippen LogP contribution in [0.5, 0.6) is 0 Å². The Balaban J connectivity index is 1.82. The fourth-order valence-electron chi connectivity index (χ4n) is 2.45. The number of carbonyl (C=O) groups is 1. The zero-order valence-corrected chi connectivity index (χ0v) is 9.34. The summed E-state index contributed by atoms with van der Waals surface area (Å²) in [5.41, 5.74) is 1.39. The monoisotopic (exact) mass is 208 g/mol. The Bertz CT molecular complexity index is 249. The van der Waals surface area contributed by atoms with Gasteiger partial charge in [0.05, 0.1) is 0 Å².